The van der Waals surface area contributed by atoms with Crippen LogP contribution in [0.3, 0.4) is 0 Å². The molecule has 0 saturated heterocycles. The Morgan fingerprint density at radius 3 is 2.85 bits per heavy atom. The minimum Gasteiger partial charge on any atom is -0.461 e. The van der Waals surface area contributed by atoms with Crippen LogP contribution in [-0.4, -0.2) is 27.3 Å². The lowest BCUT2D eigenvalue weighted by Gasteiger charge is -2.09. The van der Waals surface area contributed by atoms with E-state index in [-0.39, 0.29) is 18.0 Å². The van der Waals surface area contributed by atoms with Crippen LogP contribution in [0.1, 0.15) is 23.0 Å². The van der Waals surface area contributed by atoms with E-state index in [0.29, 0.717) is 15.7 Å². The van der Waals surface area contributed by atoms with Crippen molar-refractivity contribution in [2.45, 2.75) is 23.8 Å². The predicted molar refractivity (Wildman–Crippen MR) is 97.6 cm³/mol. The molecule has 2 aromatic heterocycles. The van der Waals surface area contributed by atoms with Crippen molar-refractivity contribution in [3.63, 3.8) is 0 Å². The van der Waals surface area contributed by atoms with Gasteiger partial charge in [0.15, 0.2) is 11.5 Å². The minimum absolute atomic E-state index is 0.108. The van der Waals surface area contributed by atoms with E-state index in [1.807, 2.05) is 0 Å². The third-order valence-electron chi connectivity index (χ3n) is 3.48. The number of ether oxygens (including phenoxy) is 1. The monoisotopic (exact) mass is 391 g/mol. The topological polar surface area (TPSA) is 57.0 Å². The maximum absolute atomic E-state index is 14.6. The lowest BCUT2D eigenvalue weighted by Crippen LogP contribution is -2.08. The Morgan fingerprint density at radius 1 is 1.35 bits per heavy atom. The van der Waals surface area contributed by atoms with Gasteiger partial charge in [-0.2, -0.15) is 5.10 Å². The number of benzene rings is 1. The second-order valence-corrected chi connectivity index (χ2v) is 6.81. The molecule has 0 radical (unpaired) electrons. The molecule has 2 heterocycles. The van der Waals surface area contributed by atoms with Crippen LogP contribution in [0.15, 0.2) is 52.5 Å². The summed E-state index contributed by atoms with van der Waals surface area (Å²) < 4.78 is 21.0. The highest BCUT2D eigenvalue weighted by Crippen LogP contribution is 2.31. The molecule has 26 heavy (non-hydrogen) atoms. The molecule has 0 fully saturated rings. The van der Waals surface area contributed by atoms with Crippen molar-refractivity contribution in [2.24, 2.45) is 0 Å². The summed E-state index contributed by atoms with van der Waals surface area (Å²) in [5, 5.41) is 5.18. The maximum Gasteiger partial charge on any atom is 0.358 e. The fraction of sp³-hybridized carbons (Fsp3) is 0.167. The Labute approximate surface area is 159 Å². The quantitative estimate of drug-likeness (QED) is 0.466. The average molecular weight is 392 g/mol. The van der Waals surface area contributed by atoms with E-state index in [1.54, 1.807) is 56.4 Å². The molecule has 0 N–H and O–H groups in total. The standard InChI is InChI=1S/C18H15ClFN3O2S/c1-3-25-18(24)13-9-16(26-12-7-8-15(19)21-10-12)23(22-13)14-6-4-5-11(2)17(14)20/h4-10H,3H2,1-2H3. The number of aryl methyl sites for hydroxylation is 1. The van der Waals surface area contributed by atoms with Crippen LogP contribution in [0.4, 0.5) is 4.39 Å². The summed E-state index contributed by atoms with van der Waals surface area (Å²) in [6, 6.07) is 10.0. The van der Waals surface area contributed by atoms with Crippen LogP contribution in [0.25, 0.3) is 5.69 Å². The molecule has 3 aromatic rings. The zero-order chi connectivity index (χ0) is 18.7. The van der Waals surface area contributed by atoms with Crippen molar-refractivity contribution in [1.82, 2.24) is 14.8 Å². The lowest BCUT2D eigenvalue weighted by molar-refractivity contribution is 0.0519. The maximum atomic E-state index is 14.6. The molecule has 0 atom stereocenters. The summed E-state index contributed by atoms with van der Waals surface area (Å²) in [5.74, 6) is -0.961. The van der Waals surface area contributed by atoms with E-state index in [2.05, 4.69) is 10.1 Å². The third kappa shape index (κ3) is 3.89. The van der Waals surface area contributed by atoms with Gasteiger partial charge >= 0.3 is 5.97 Å². The highest BCUT2D eigenvalue weighted by molar-refractivity contribution is 7.99. The zero-order valence-electron chi connectivity index (χ0n) is 14.1. The second kappa shape index (κ2) is 7.88. The zero-order valence-corrected chi connectivity index (χ0v) is 15.6. The number of halogens is 2. The van der Waals surface area contributed by atoms with E-state index >= 15 is 0 Å². The molecule has 0 amide bonds. The smallest absolute Gasteiger partial charge is 0.358 e. The molecule has 1 aromatic carbocycles. The van der Waals surface area contributed by atoms with Crippen molar-refractivity contribution in [2.75, 3.05) is 6.61 Å². The number of hydrogen-bond acceptors (Lipinski definition) is 5. The Kier molecular flexibility index (Phi) is 5.58. The van der Waals surface area contributed by atoms with Crippen LogP contribution in [0.5, 0.6) is 0 Å². The first-order valence-corrected chi connectivity index (χ1v) is 9.01. The summed E-state index contributed by atoms with van der Waals surface area (Å²) in [5.41, 5.74) is 0.849. The molecule has 134 valence electrons. The van der Waals surface area contributed by atoms with Gasteiger partial charge in [0.25, 0.3) is 0 Å². The lowest BCUT2D eigenvalue weighted by atomic mass is 10.2. The molecule has 0 bridgehead atoms. The van der Waals surface area contributed by atoms with Gasteiger partial charge in [0.05, 0.1) is 6.61 Å². The normalized spacial score (nSPS) is 10.8. The second-order valence-electron chi connectivity index (χ2n) is 5.33. The number of nitrogens with zero attached hydrogens (tertiary/aromatic N) is 3. The number of esters is 1. The van der Waals surface area contributed by atoms with Gasteiger partial charge in [0.1, 0.15) is 15.9 Å². The van der Waals surface area contributed by atoms with Gasteiger partial charge in [-0.15, -0.1) is 0 Å². The van der Waals surface area contributed by atoms with Gasteiger partial charge in [-0.3, -0.25) is 0 Å². The number of carbonyl (C=O) groups is 1. The van der Waals surface area contributed by atoms with Crippen molar-refractivity contribution in [1.29, 1.82) is 0 Å². The largest absolute Gasteiger partial charge is 0.461 e. The Balaban J connectivity index is 2.07. The first-order chi connectivity index (χ1) is 12.5. The predicted octanol–water partition coefficient (Wildman–Crippen LogP) is 4.70. The fourth-order valence-electron chi connectivity index (χ4n) is 2.25. The summed E-state index contributed by atoms with van der Waals surface area (Å²) in [6.07, 6.45) is 1.60. The van der Waals surface area contributed by atoms with E-state index in [9.17, 15) is 9.18 Å². The van der Waals surface area contributed by atoms with Crippen molar-refractivity contribution >= 4 is 29.3 Å². The number of pyridine rings is 1. The van der Waals surface area contributed by atoms with E-state index in [4.69, 9.17) is 16.3 Å². The fourth-order valence-corrected chi connectivity index (χ4v) is 3.24. The minimum atomic E-state index is -0.560. The first-order valence-electron chi connectivity index (χ1n) is 7.81. The van der Waals surface area contributed by atoms with E-state index in [0.717, 1.165) is 4.90 Å². The van der Waals surface area contributed by atoms with Gasteiger partial charge in [-0.05, 0) is 37.6 Å². The van der Waals surface area contributed by atoms with Gasteiger partial charge < -0.3 is 4.74 Å². The van der Waals surface area contributed by atoms with Crippen LogP contribution in [0.2, 0.25) is 5.15 Å². The van der Waals surface area contributed by atoms with Crippen LogP contribution >= 0.6 is 23.4 Å². The molecule has 5 nitrogen and oxygen atoms in total. The van der Waals surface area contributed by atoms with Gasteiger partial charge in [-0.25, -0.2) is 18.9 Å². The molecule has 0 unspecified atom stereocenters. The van der Waals surface area contributed by atoms with Crippen molar-refractivity contribution < 1.29 is 13.9 Å². The van der Waals surface area contributed by atoms with Gasteiger partial charge in [-0.1, -0.05) is 35.5 Å². The molecule has 0 aliphatic carbocycles. The molecule has 8 heteroatoms. The SMILES string of the molecule is CCOC(=O)c1cc(Sc2ccc(Cl)nc2)n(-c2cccc(C)c2F)n1. The summed E-state index contributed by atoms with van der Waals surface area (Å²) in [7, 11) is 0. The molecule has 0 spiro atoms. The molecule has 0 aliphatic heterocycles. The molecule has 0 aliphatic rings. The summed E-state index contributed by atoms with van der Waals surface area (Å²) in [4.78, 5) is 16.9. The number of carbonyl (C=O) groups excluding carboxylic acids is 1. The van der Waals surface area contributed by atoms with Crippen molar-refractivity contribution in [3.05, 3.63) is 64.8 Å². The number of aromatic nitrogens is 3. The van der Waals surface area contributed by atoms with E-state index < -0.39 is 11.8 Å². The average Bonchev–Trinajstić information content (AvgIpc) is 3.03. The van der Waals surface area contributed by atoms with Gasteiger partial charge in [0.2, 0.25) is 0 Å². The molecule has 3 rings (SSSR count). The summed E-state index contributed by atoms with van der Waals surface area (Å²) in [6.45, 7) is 3.61. The first kappa shape index (κ1) is 18.4. The molecular formula is C18H15ClFN3O2S. The number of hydrogen-bond donors (Lipinski definition) is 0. The summed E-state index contributed by atoms with van der Waals surface area (Å²) >= 11 is 7.11. The third-order valence-corrected chi connectivity index (χ3v) is 4.68. The number of rotatable bonds is 5. The Morgan fingerprint density at radius 2 is 2.15 bits per heavy atom. The Bertz CT molecular complexity index is 944. The van der Waals surface area contributed by atoms with Gasteiger partial charge in [0, 0.05) is 17.2 Å². The van der Waals surface area contributed by atoms with Crippen LogP contribution in [0, 0.1) is 12.7 Å². The van der Waals surface area contributed by atoms with Crippen LogP contribution < -0.4 is 0 Å². The highest BCUT2D eigenvalue weighted by atomic mass is 35.5. The highest BCUT2D eigenvalue weighted by Gasteiger charge is 2.19. The molecular weight excluding hydrogens is 377 g/mol. The Hall–Kier alpha value is -2.38. The van der Waals surface area contributed by atoms with Crippen LogP contribution in [-0.2, 0) is 4.74 Å². The van der Waals surface area contributed by atoms with Crippen molar-refractivity contribution in [3.8, 4) is 5.69 Å². The van der Waals surface area contributed by atoms with E-state index in [1.165, 1.54) is 16.4 Å². The molecule has 0 saturated carbocycles.